The van der Waals surface area contributed by atoms with Crippen molar-refractivity contribution in [2.45, 2.75) is 51.8 Å². The van der Waals surface area contributed by atoms with Crippen molar-refractivity contribution in [1.82, 2.24) is 4.90 Å². The molecule has 16 heavy (non-hydrogen) atoms. The first-order valence-electron chi connectivity index (χ1n) is 5.86. The highest BCUT2D eigenvalue weighted by molar-refractivity contribution is 4.64. The molecule has 0 saturated carbocycles. The number of aliphatic hydroxyl groups is 1. The molecule has 0 aliphatic heterocycles. The van der Waals surface area contributed by atoms with Crippen LogP contribution in [0.25, 0.3) is 0 Å². The molecule has 0 rings (SSSR count). The van der Waals surface area contributed by atoms with Gasteiger partial charge in [0.25, 0.3) is 0 Å². The molecular formula is C11H22F3NO. The van der Waals surface area contributed by atoms with Gasteiger partial charge in [-0.2, -0.15) is 13.2 Å². The highest BCUT2D eigenvalue weighted by Crippen LogP contribution is 2.17. The number of rotatable bonds is 8. The molecule has 0 aliphatic rings. The minimum Gasteiger partial charge on any atom is -0.393 e. The fourth-order valence-electron chi connectivity index (χ4n) is 1.59. The van der Waals surface area contributed by atoms with E-state index >= 15 is 0 Å². The third-order valence-electron chi connectivity index (χ3n) is 2.43. The summed E-state index contributed by atoms with van der Waals surface area (Å²) in [4.78, 5) is 1.41. The van der Waals surface area contributed by atoms with E-state index < -0.39 is 12.7 Å². The maximum atomic E-state index is 12.2. The Morgan fingerprint density at radius 2 is 1.81 bits per heavy atom. The second kappa shape index (κ2) is 7.90. The number of alkyl halides is 3. The Bertz CT molecular complexity index is 173. The van der Waals surface area contributed by atoms with Crippen molar-refractivity contribution in [2.75, 3.05) is 19.6 Å². The Morgan fingerprint density at radius 1 is 1.19 bits per heavy atom. The molecule has 0 radical (unpaired) electrons. The Balaban J connectivity index is 3.85. The third-order valence-corrected chi connectivity index (χ3v) is 2.43. The molecule has 0 bridgehead atoms. The number of nitrogens with zero attached hydrogens (tertiary/aromatic N) is 1. The minimum absolute atomic E-state index is 0.380. The highest BCUT2D eigenvalue weighted by Gasteiger charge is 2.30. The number of hydrogen-bond donors (Lipinski definition) is 1. The van der Waals surface area contributed by atoms with Crippen LogP contribution in [0.1, 0.15) is 39.5 Å². The van der Waals surface area contributed by atoms with Crippen LogP contribution in [0.2, 0.25) is 0 Å². The normalized spacial score (nSPS) is 14.4. The van der Waals surface area contributed by atoms with Gasteiger partial charge in [-0.15, -0.1) is 0 Å². The van der Waals surface area contributed by atoms with Gasteiger partial charge in [-0.1, -0.05) is 13.8 Å². The lowest BCUT2D eigenvalue weighted by Crippen LogP contribution is -2.35. The summed E-state index contributed by atoms with van der Waals surface area (Å²) in [6.45, 7) is 3.75. The molecule has 1 atom stereocenters. The van der Waals surface area contributed by atoms with E-state index in [1.807, 2.05) is 13.8 Å². The average Bonchev–Trinajstić information content (AvgIpc) is 2.15. The molecule has 0 aromatic carbocycles. The van der Waals surface area contributed by atoms with Crippen LogP contribution < -0.4 is 0 Å². The maximum absolute atomic E-state index is 12.2. The third kappa shape index (κ3) is 8.97. The van der Waals surface area contributed by atoms with Crippen LogP contribution in [0.3, 0.4) is 0 Å². The van der Waals surface area contributed by atoms with Crippen LogP contribution in [0, 0.1) is 0 Å². The Morgan fingerprint density at radius 3 is 2.25 bits per heavy atom. The molecular weight excluding hydrogens is 219 g/mol. The second-order valence-corrected chi connectivity index (χ2v) is 4.10. The average molecular weight is 241 g/mol. The molecule has 0 saturated heterocycles. The first-order valence-corrected chi connectivity index (χ1v) is 5.86. The Labute approximate surface area is 95.4 Å². The smallest absolute Gasteiger partial charge is 0.393 e. The molecule has 0 amide bonds. The maximum Gasteiger partial charge on any atom is 0.401 e. The molecule has 0 aliphatic carbocycles. The van der Waals surface area contributed by atoms with Gasteiger partial charge in [-0.05, 0) is 38.8 Å². The minimum atomic E-state index is -4.13. The largest absolute Gasteiger partial charge is 0.401 e. The van der Waals surface area contributed by atoms with E-state index in [2.05, 4.69) is 0 Å². The predicted octanol–water partition coefficient (Wildman–Crippen LogP) is 2.81. The number of hydrogen-bond acceptors (Lipinski definition) is 2. The summed E-state index contributed by atoms with van der Waals surface area (Å²) in [6.07, 6.45) is -1.94. The van der Waals surface area contributed by atoms with Crippen molar-refractivity contribution >= 4 is 0 Å². The quantitative estimate of drug-likeness (QED) is 0.706. The number of aliphatic hydroxyl groups excluding tert-OH is 1. The summed E-state index contributed by atoms with van der Waals surface area (Å²) in [5.41, 5.74) is 0. The zero-order chi connectivity index (χ0) is 12.6. The van der Waals surface area contributed by atoms with Gasteiger partial charge in [0, 0.05) is 0 Å². The molecule has 98 valence electrons. The first kappa shape index (κ1) is 15.7. The zero-order valence-electron chi connectivity index (χ0n) is 10.1. The van der Waals surface area contributed by atoms with Gasteiger partial charge in [-0.25, -0.2) is 0 Å². The Kier molecular flexibility index (Phi) is 7.76. The lowest BCUT2D eigenvalue weighted by molar-refractivity contribution is -0.146. The van der Waals surface area contributed by atoms with Crippen molar-refractivity contribution in [3.05, 3.63) is 0 Å². The van der Waals surface area contributed by atoms with E-state index in [9.17, 15) is 18.3 Å². The van der Waals surface area contributed by atoms with Crippen LogP contribution in [-0.2, 0) is 0 Å². The van der Waals surface area contributed by atoms with Crippen LogP contribution in [0.15, 0.2) is 0 Å². The zero-order valence-corrected chi connectivity index (χ0v) is 10.1. The van der Waals surface area contributed by atoms with Gasteiger partial charge < -0.3 is 5.11 Å². The molecule has 0 fully saturated rings. The fraction of sp³-hybridized carbons (Fsp3) is 1.00. The van der Waals surface area contributed by atoms with E-state index in [-0.39, 0.29) is 6.10 Å². The van der Waals surface area contributed by atoms with Crippen molar-refractivity contribution < 1.29 is 18.3 Å². The SMILES string of the molecule is CCCN(CCCC(O)CC)CC(F)(F)F. The summed E-state index contributed by atoms with van der Waals surface area (Å²) >= 11 is 0. The van der Waals surface area contributed by atoms with Crippen molar-refractivity contribution in [3.63, 3.8) is 0 Å². The van der Waals surface area contributed by atoms with Gasteiger partial charge in [0.2, 0.25) is 0 Å². The van der Waals surface area contributed by atoms with Crippen LogP contribution >= 0.6 is 0 Å². The molecule has 0 aromatic heterocycles. The molecule has 0 aromatic rings. The van der Waals surface area contributed by atoms with Gasteiger partial charge in [0.05, 0.1) is 12.6 Å². The lowest BCUT2D eigenvalue weighted by atomic mass is 10.1. The molecule has 0 spiro atoms. The highest BCUT2D eigenvalue weighted by atomic mass is 19.4. The van der Waals surface area contributed by atoms with E-state index in [0.29, 0.717) is 38.8 Å². The Hall–Kier alpha value is -0.290. The van der Waals surface area contributed by atoms with E-state index in [0.717, 1.165) is 0 Å². The summed E-state index contributed by atoms with van der Waals surface area (Å²) < 4.78 is 36.6. The summed E-state index contributed by atoms with van der Waals surface area (Å²) in [6, 6.07) is 0. The molecule has 1 N–H and O–H groups in total. The van der Waals surface area contributed by atoms with E-state index in [4.69, 9.17) is 0 Å². The summed E-state index contributed by atoms with van der Waals surface area (Å²) in [7, 11) is 0. The van der Waals surface area contributed by atoms with Gasteiger partial charge in [0.1, 0.15) is 0 Å². The van der Waals surface area contributed by atoms with Crippen LogP contribution in [0.4, 0.5) is 13.2 Å². The van der Waals surface area contributed by atoms with Crippen LogP contribution in [-0.4, -0.2) is 41.9 Å². The van der Waals surface area contributed by atoms with Crippen molar-refractivity contribution in [2.24, 2.45) is 0 Å². The first-order chi connectivity index (χ1) is 7.39. The topological polar surface area (TPSA) is 23.5 Å². The molecule has 1 unspecified atom stereocenters. The van der Waals surface area contributed by atoms with Crippen LogP contribution in [0.5, 0.6) is 0 Å². The second-order valence-electron chi connectivity index (χ2n) is 4.10. The monoisotopic (exact) mass is 241 g/mol. The predicted molar refractivity (Wildman–Crippen MR) is 58.3 cm³/mol. The summed E-state index contributed by atoms with van der Waals surface area (Å²) in [5, 5.41) is 9.29. The van der Waals surface area contributed by atoms with E-state index in [1.54, 1.807) is 0 Å². The molecule has 0 heterocycles. The van der Waals surface area contributed by atoms with Gasteiger partial charge in [-0.3, -0.25) is 4.90 Å². The van der Waals surface area contributed by atoms with E-state index in [1.165, 1.54) is 4.90 Å². The van der Waals surface area contributed by atoms with Gasteiger partial charge in [0.15, 0.2) is 0 Å². The summed E-state index contributed by atoms with van der Waals surface area (Å²) in [5.74, 6) is 0. The van der Waals surface area contributed by atoms with Gasteiger partial charge >= 0.3 is 6.18 Å². The van der Waals surface area contributed by atoms with Crippen molar-refractivity contribution in [3.8, 4) is 0 Å². The fourth-order valence-corrected chi connectivity index (χ4v) is 1.59. The lowest BCUT2D eigenvalue weighted by Gasteiger charge is -2.23. The standard InChI is InChI=1S/C11H22F3NO/c1-3-7-15(9-11(12,13)14)8-5-6-10(16)4-2/h10,16H,3-9H2,1-2H3. The van der Waals surface area contributed by atoms with Crippen molar-refractivity contribution in [1.29, 1.82) is 0 Å². The molecule has 5 heteroatoms. The number of halogens is 3. The molecule has 2 nitrogen and oxygen atoms in total.